The number of aromatic amines is 1. The maximum Gasteiger partial charge on any atom is 0.328 e. The van der Waals surface area contributed by atoms with E-state index in [1.54, 1.807) is 6.92 Å². The number of aliphatic hydroxyl groups excluding tert-OH is 1. The summed E-state index contributed by atoms with van der Waals surface area (Å²) in [6, 6.07) is -0.540. The van der Waals surface area contributed by atoms with E-state index in [4.69, 9.17) is 13.9 Å². The van der Waals surface area contributed by atoms with Gasteiger partial charge in [0.25, 0.3) is 5.56 Å². The van der Waals surface area contributed by atoms with Crippen molar-refractivity contribution in [3.05, 3.63) is 32.6 Å². The number of rotatable bonds is 6. The van der Waals surface area contributed by atoms with Gasteiger partial charge in [-0.1, -0.05) is 20.8 Å². The second-order valence-electron chi connectivity index (χ2n) is 8.92. The molecule has 0 amide bonds. The molecule has 1 saturated heterocycles. The minimum absolute atomic E-state index is 0.0508. The van der Waals surface area contributed by atoms with Crippen molar-refractivity contribution in [1.82, 2.24) is 9.55 Å². The predicted molar refractivity (Wildman–Crippen MR) is 109 cm³/mol. The molecule has 0 unspecified atom stereocenters. The van der Waals surface area contributed by atoms with Crippen molar-refractivity contribution >= 4 is 8.32 Å². The maximum absolute atomic E-state index is 12.3. The van der Waals surface area contributed by atoms with Crippen LogP contribution in [-0.4, -0.2) is 54.7 Å². The summed E-state index contributed by atoms with van der Waals surface area (Å²) < 4.78 is 19.3. The molecule has 0 radical (unpaired) electrons. The molecular weight excluding hydrogens is 380 g/mol. The van der Waals surface area contributed by atoms with Crippen molar-refractivity contribution in [3.63, 3.8) is 0 Å². The minimum Gasteiger partial charge on any atom is -0.414 e. The van der Waals surface area contributed by atoms with Gasteiger partial charge in [-0.05, 0) is 32.0 Å². The van der Waals surface area contributed by atoms with Gasteiger partial charge in [0, 0.05) is 24.8 Å². The van der Waals surface area contributed by atoms with E-state index in [0.29, 0.717) is 12.2 Å². The van der Waals surface area contributed by atoms with Crippen LogP contribution < -0.4 is 11.2 Å². The molecule has 0 saturated carbocycles. The number of ether oxygens (including phenoxy) is 2. The zero-order valence-corrected chi connectivity index (χ0v) is 18.9. The van der Waals surface area contributed by atoms with Gasteiger partial charge in [-0.25, -0.2) is 4.79 Å². The lowest BCUT2D eigenvalue weighted by molar-refractivity contribution is -0.248. The Morgan fingerprint density at radius 3 is 2.57 bits per heavy atom. The summed E-state index contributed by atoms with van der Waals surface area (Å²) in [4.78, 5) is 26.3. The third-order valence-electron chi connectivity index (χ3n) is 5.78. The van der Waals surface area contributed by atoms with Gasteiger partial charge >= 0.3 is 5.69 Å². The molecule has 4 atom stereocenters. The number of H-pyrrole nitrogens is 1. The van der Waals surface area contributed by atoms with Crippen LogP contribution in [0, 0.1) is 6.92 Å². The first-order valence-corrected chi connectivity index (χ1v) is 12.7. The van der Waals surface area contributed by atoms with Crippen molar-refractivity contribution in [1.29, 1.82) is 0 Å². The Kier molecular flexibility index (Phi) is 7.09. The van der Waals surface area contributed by atoms with Crippen molar-refractivity contribution in [2.75, 3.05) is 13.2 Å². The maximum atomic E-state index is 12.3. The van der Waals surface area contributed by atoms with Gasteiger partial charge < -0.3 is 19.0 Å². The first-order valence-electron chi connectivity index (χ1n) is 9.78. The van der Waals surface area contributed by atoms with Crippen molar-refractivity contribution < 1.29 is 19.0 Å². The molecule has 2 rings (SSSR count). The molecule has 1 aromatic heterocycles. The van der Waals surface area contributed by atoms with E-state index >= 15 is 0 Å². The summed E-state index contributed by atoms with van der Waals surface area (Å²) >= 11 is 0. The number of hydrogen-bond donors (Lipinski definition) is 2. The highest BCUT2D eigenvalue weighted by atomic mass is 28.4. The summed E-state index contributed by atoms with van der Waals surface area (Å²) in [6.45, 7) is 14.9. The summed E-state index contributed by atoms with van der Waals surface area (Å²) in [5.41, 5.74) is -0.558. The molecule has 28 heavy (non-hydrogen) atoms. The topological polar surface area (TPSA) is 103 Å². The molecular formula is C19H34N2O6Si. The highest BCUT2D eigenvalue weighted by Crippen LogP contribution is 2.37. The molecule has 1 aliphatic rings. The van der Waals surface area contributed by atoms with Crippen LogP contribution in [0.2, 0.25) is 18.1 Å². The minimum atomic E-state index is -1.99. The third kappa shape index (κ3) is 5.01. The van der Waals surface area contributed by atoms with E-state index in [0.717, 1.165) is 0 Å². The number of aromatic nitrogens is 2. The van der Waals surface area contributed by atoms with Crippen LogP contribution >= 0.6 is 0 Å². The normalized spacial score (nSPS) is 26.4. The van der Waals surface area contributed by atoms with Gasteiger partial charge in [0.1, 0.15) is 6.10 Å². The average Bonchev–Trinajstić information content (AvgIpc) is 2.57. The summed E-state index contributed by atoms with van der Waals surface area (Å²) in [7, 11) is -1.99. The van der Waals surface area contributed by atoms with Gasteiger partial charge in [-0.3, -0.25) is 14.3 Å². The highest BCUT2D eigenvalue weighted by Gasteiger charge is 2.42. The lowest BCUT2D eigenvalue weighted by Crippen LogP contribution is -2.52. The fourth-order valence-corrected chi connectivity index (χ4v) is 3.93. The SMILES string of the molecule is CCO[C@H]1O[C@H](CO[Si](C)(C)C(C)(C)C)[C@H](O)C[C@@H]1n1cc(C)c(=O)[nH]c1=O. The molecule has 1 aromatic rings. The second-order valence-corrected chi connectivity index (χ2v) is 13.7. The smallest absolute Gasteiger partial charge is 0.328 e. The van der Waals surface area contributed by atoms with Gasteiger partial charge in [0.05, 0.1) is 18.8 Å². The highest BCUT2D eigenvalue weighted by molar-refractivity contribution is 6.74. The van der Waals surface area contributed by atoms with Gasteiger partial charge in [0.2, 0.25) is 0 Å². The Labute approximate surface area is 167 Å². The Balaban J connectivity index is 2.21. The molecule has 0 aromatic carbocycles. The summed E-state index contributed by atoms with van der Waals surface area (Å²) in [5, 5.41) is 10.7. The second kappa shape index (κ2) is 8.62. The number of aryl methyl sites for hydroxylation is 1. The zero-order chi connectivity index (χ0) is 21.3. The molecule has 0 bridgehead atoms. The molecule has 2 N–H and O–H groups in total. The van der Waals surface area contributed by atoms with Crippen LogP contribution in [0.4, 0.5) is 0 Å². The average molecular weight is 415 g/mol. The van der Waals surface area contributed by atoms with Crippen molar-refractivity contribution in [2.24, 2.45) is 0 Å². The fraction of sp³-hybridized carbons (Fsp3) is 0.789. The summed E-state index contributed by atoms with van der Waals surface area (Å²) in [5.74, 6) is 0. The molecule has 2 heterocycles. The number of nitrogens with zero attached hydrogens (tertiary/aromatic N) is 1. The molecule has 8 nitrogen and oxygen atoms in total. The molecule has 9 heteroatoms. The molecule has 1 aliphatic heterocycles. The van der Waals surface area contributed by atoms with Gasteiger partial charge in [-0.2, -0.15) is 0 Å². The Hall–Kier alpha value is -1.26. The van der Waals surface area contributed by atoms with E-state index in [9.17, 15) is 14.7 Å². The molecule has 1 fully saturated rings. The van der Waals surface area contributed by atoms with Crippen LogP contribution in [0.1, 0.15) is 45.7 Å². The Bertz CT molecular complexity index is 782. The monoisotopic (exact) mass is 414 g/mol. The number of nitrogens with one attached hydrogen (secondary N) is 1. The lowest BCUT2D eigenvalue weighted by atomic mass is 10.0. The zero-order valence-electron chi connectivity index (χ0n) is 17.9. The lowest BCUT2D eigenvalue weighted by Gasteiger charge is -2.42. The Morgan fingerprint density at radius 2 is 2.00 bits per heavy atom. The molecule has 160 valence electrons. The predicted octanol–water partition coefficient (Wildman–Crippen LogP) is 1.92. The van der Waals surface area contributed by atoms with Crippen LogP contribution in [-0.2, 0) is 13.9 Å². The van der Waals surface area contributed by atoms with Crippen LogP contribution in [0.5, 0.6) is 0 Å². The summed E-state index contributed by atoms with van der Waals surface area (Å²) in [6.07, 6.45) is -0.321. The van der Waals surface area contributed by atoms with Crippen molar-refractivity contribution in [2.45, 2.75) is 83.7 Å². The van der Waals surface area contributed by atoms with Gasteiger partial charge in [-0.15, -0.1) is 0 Å². The standard InChI is InChI=1S/C19H34N2O6Si/c1-8-25-17-13(21-10-12(2)16(23)20-18(21)24)9-14(22)15(27-17)11-26-28(6,7)19(3,4)5/h10,13-15,17,22H,8-9,11H2,1-7H3,(H,20,23,24)/t13-,14+,15+,17-/m0/s1. The molecule has 0 aliphatic carbocycles. The fourth-order valence-electron chi connectivity index (χ4n) is 2.91. The first kappa shape index (κ1) is 23.0. The number of hydrogen-bond acceptors (Lipinski definition) is 6. The Morgan fingerprint density at radius 1 is 1.36 bits per heavy atom. The van der Waals surface area contributed by atoms with Crippen LogP contribution in [0.3, 0.4) is 0 Å². The quantitative estimate of drug-likeness (QED) is 0.690. The van der Waals surface area contributed by atoms with Crippen LogP contribution in [0.15, 0.2) is 15.8 Å². The van der Waals surface area contributed by atoms with E-state index in [1.807, 2.05) is 6.92 Å². The van der Waals surface area contributed by atoms with E-state index < -0.39 is 44.1 Å². The van der Waals surface area contributed by atoms with E-state index in [1.165, 1.54) is 10.8 Å². The number of aliphatic hydroxyl groups is 1. The molecule has 0 spiro atoms. The van der Waals surface area contributed by atoms with Gasteiger partial charge in [0.15, 0.2) is 14.6 Å². The van der Waals surface area contributed by atoms with E-state index in [2.05, 4.69) is 38.8 Å². The van der Waals surface area contributed by atoms with E-state index in [-0.39, 0.29) is 18.1 Å². The third-order valence-corrected chi connectivity index (χ3v) is 10.3. The van der Waals surface area contributed by atoms with Crippen LogP contribution in [0.25, 0.3) is 0 Å². The first-order chi connectivity index (χ1) is 12.9. The largest absolute Gasteiger partial charge is 0.414 e. The van der Waals surface area contributed by atoms with Crippen molar-refractivity contribution in [3.8, 4) is 0 Å².